The number of aromatic carboxylic acids is 2. The Bertz CT molecular complexity index is 1350. The van der Waals surface area contributed by atoms with Gasteiger partial charge < -0.3 is 24.6 Å². The highest BCUT2D eigenvalue weighted by Crippen LogP contribution is 2.46. The van der Waals surface area contributed by atoms with Crippen molar-refractivity contribution in [1.82, 2.24) is 4.57 Å². The predicted molar refractivity (Wildman–Crippen MR) is 102 cm³/mol. The van der Waals surface area contributed by atoms with Crippen LogP contribution in [0.5, 0.6) is 11.5 Å². The molecule has 4 rings (SSSR count). The molecule has 1 aliphatic heterocycles. The van der Waals surface area contributed by atoms with Crippen LogP contribution < -0.4 is 10.2 Å². The van der Waals surface area contributed by atoms with Crippen LogP contribution in [-0.4, -0.2) is 43.5 Å². The van der Waals surface area contributed by atoms with Gasteiger partial charge >= 0.3 is 17.9 Å². The van der Waals surface area contributed by atoms with E-state index in [2.05, 4.69) is 0 Å². The fourth-order valence-electron chi connectivity index (χ4n) is 3.15. The van der Waals surface area contributed by atoms with E-state index in [4.69, 9.17) is 9.84 Å². The largest absolute Gasteiger partial charge is 0.481 e. The van der Waals surface area contributed by atoms with Crippen LogP contribution in [0.15, 0.2) is 40.2 Å². The van der Waals surface area contributed by atoms with Crippen LogP contribution in [0.1, 0.15) is 20.7 Å². The quantitative estimate of drug-likeness (QED) is 0.406. The van der Waals surface area contributed by atoms with E-state index in [1.165, 1.54) is 22.8 Å². The van der Waals surface area contributed by atoms with E-state index in [1.54, 1.807) is 0 Å². The molecular weight excluding hydrogens is 421 g/mol. The van der Waals surface area contributed by atoms with Gasteiger partial charge in [0.25, 0.3) is 0 Å². The van der Waals surface area contributed by atoms with Crippen molar-refractivity contribution in [3.8, 4) is 17.2 Å². The van der Waals surface area contributed by atoms with E-state index >= 15 is 0 Å². The maximum absolute atomic E-state index is 14.8. The lowest BCUT2D eigenvalue weighted by Crippen LogP contribution is -2.21. The van der Waals surface area contributed by atoms with Gasteiger partial charge in [-0.1, -0.05) is 0 Å². The molecule has 0 bridgehead atoms. The summed E-state index contributed by atoms with van der Waals surface area (Å²) in [5, 5.41) is 27.3. The molecule has 0 spiro atoms. The van der Waals surface area contributed by atoms with Gasteiger partial charge in [-0.05, 0) is 24.3 Å². The van der Waals surface area contributed by atoms with Gasteiger partial charge in [0.05, 0.1) is 27.3 Å². The van der Waals surface area contributed by atoms with Crippen molar-refractivity contribution >= 4 is 40.6 Å². The number of carboxylic acids is 3. The predicted octanol–water partition coefficient (Wildman–Crippen LogP) is 2.81. The standard InChI is InChI=1S/C19H10FNO8S/c20-10-4-8-14-16(17(10)30-6-13(22)23)29-12-3-7(18(25)26)1-2-11(12)21(14)5-9(15(8)24)19(27)28/h1-5H,6H2,(H,22,23)(H,25,26)(H,27,28). The van der Waals surface area contributed by atoms with Crippen LogP contribution in [-0.2, 0) is 4.79 Å². The molecule has 2 heterocycles. The van der Waals surface area contributed by atoms with E-state index in [1.807, 2.05) is 0 Å². The topological polar surface area (TPSA) is 143 Å². The second-order valence-electron chi connectivity index (χ2n) is 6.23. The third-order valence-corrected chi connectivity index (χ3v) is 5.46. The summed E-state index contributed by atoms with van der Waals surface area (Å²) >= 11 is 0.618. The molecule has 9 nitrogen and oxygen atoms in total. The molecule has 0 fully saturated rings. The highest BCUT2D eigenvalue weighted by molar-refractivity contribution is 8.00. The van der Waals surface area contributed by atoms with Gasteiger partial charge in [0.2, 0.25) is 5.43 Å². The number of pyridine rings is 1. The lowest BCUT2D eigenvalue weighted by atomic mass is 10.1. The summed E-state index contributed by atoms with van der Waals surface area (Å²) in [6.45, 7) is 0. The number of aromatic nitrogens is 1. The number of hydrogen-bond donors (Lipinski definition) is 3. The molecule has 0 unspecified atom stereocenters. The van der Waals surface area contributed by atoms with Gasteiger partial charge in [-0.15, -0.1) is 11.8 Å². The fourth-order valence-corrected chi connectivity index (χ4v) is 3.89. The first-order chi connectivity index (χ1) is 14.2. The van der Waals surface area contributed by atoms with Gasteiger partial charge in [0.15, 0.2) is 11.5 Å². The average molecular weight is 431 g/mol. The van der Waals surface area contributed by atoms with Crippen molar-refractivity contribution in [2.45, 2.75) is 4.90 Å². The molecule has 0 radical (unpaired) electrons. The third-order valence-electron chi connectivity index (χ3n) is 4.40. The second kappa shape index (κ2) is 6.88. The van der Waals surface area contributed by atoms with Crippen LogP contribution >= 0.6 is 11.8 Å². The number of halogens is 1. The normalized spacial score (nSPS) is 11.6. The maximum atomic E-state index is 14.8. The Morgan fingerprint density at radius 1 is 1.10 bits per heavy atom. The first kappa shape index (κ1) is 19.5. The number of thioether (sulfide) groups is 1. The summed E-state index contributed by atoms with van der Waals surface area (Å²) in [5.41, 5.74) is -1.40. The van der Waals surface area contributed by atoms with Gasteiger partial charge in [-0.2, -0.15) is 0 Å². The Hall–Kier alpha value is -3.86. The molecule has 0 saturated carbocycles. The lowest BCUT2D eigenvalue weighted by molar-refractivity contribution is -0.133. The van der Waals surface area contributed by atoms with Gasteiger partial charge in [0, 0.05) is 6.20 Å². The Kier molecular flexibility index (Phi) is 4.46. The molecular formula is C19H10FNO8S. The SMILES string of the molecule is O=C(O)CSc1c(F)cc2c(=O)c(C(=O)O)cn3c2c1Oc1cc(C(=O)O)ccc1-3. The number of carbonyl (C=O) groups is 3. The smallest absolute Gasteiger partial charge is 0.341 e. The molecule has 2 aromatic carbocycles. The Labute approximate surface area is 169 Å². The molecule has 30 heavy (non-hydrogen) atoms. The zero-order valence-corrected chi connectivity index (χ0v) is 15.5. The Morgan fingerprint density at radius 3 is 2.47 bits per heavy atom. The van der Waals surface area contributed by atoms with E-state index < -0.39 is 40.5 Å². The zero-order valence-electron chi connectivity index (χ0n) is 14.7. The van der Waals surface area contributed by atoms with Gasteiger partial charge in [-0.3, -0.25) is 9.59 Å². The molecule has 1 aromatic heterocycles. The Balaban J connectivity index is 2.11. The first-order valence-corrected chi connectivity index (χ1v) is 9.23. The molecule has 0 aliphatic carbocycles. The summed E-state index contributed by atoms with van der Waals surface area (Å²) in [6.07, 6.45) is 1.04. The molecule has 0 atom stereocenters. The number of fused-ring (bicyclic) bond motifs is 2. The van der Waals surface area contributed by atoms with Crippen molar-refractivity contribution in [2.75, 3.05) is 5.75 Å². The minimum absolute atomic E-state index is 0.0218. The molecule has 0 amide bonds. The van der Waals surface area contributed by atoms with Gasteiger partial charge in [-0.25, -0.2) is 14.0 Å². The second-order valence-corrected chi connectivity index (χ2v) is 7.22. The van der Waals surface area contributed by atoms with Crippen molar-refractivity contribution in [3.63, 3.8) is 0 Å². The molecule has 3 aromatic rings. The number of rotatable bonds is 5. The van der Waals surface area contributed by atoms with Crippen LogP contribution in [0.3, 0.4) is 0 Å². The third kappa shape index (κ3) is 2.95. The number of nitrogens with zero attached hydrogens (tertiary/aromatic N) is 1. The summed E-state index contributed by atoms with van der Waals surface area (Å²) < 4.78 is 21.8. The first-order valence-electron chi connectivity index (χ1n) is 8.24. The molecule has 1 aliphatic rings. The minimum Gasteiger partial charge on any atom is -0.481 e. The number of benzene rings is 2. The fraction of sp³-hybridized carbons (Fsp3) is 0.0526. The lowest BCUT2D eigenvalue weighted by Gasteiger charge is -2.25. The molecule has 11 heteroatoms. The highest BCUT2D eigenvalue weighted by atomic mass is 32.2. The summed E-state index contributed by atoms with van der Waals surface area (Å²) in [7, 11) is 0. The summed E-state index contributed by atoms with van der Waals surface area (Å²) in [6, 6.07) is 4.64. The maximum Gasteiger partial charge on any atom is 0.341 e. The number of aliphatic carboxylic acids is 1. The number of ether oxygens (including phenoxy) is 1. The van der Waals surface area contributed by atoms with E-state index in [0.29, 0.717) is 11.8 Å². The van der Waals surface area contributed by atoms with Crippen LogP contribution in [0, 0.1) is 5.82 Å². The van der Waals surface area contributed by atoms with E-state index in [0.717, 1.165) is 12.3 Å². The summed E-state index contributed by atoms with van der Waals surface area (Å²) in [5.74, 6) is -5.66. The molecule has 0 saturated heterocycles. The Morgan fingerprint density at radius 2 is 1.83 bits per heavy atom. The van der Waals surface area contributed by atoms with Crippen molar-refractivity contribution in [3.05, 3.63) is 57.6 Å². The summed E-state index contributed by atoms with van der Waals surface area (Å²) in [4.78, 5) is 46.2. The minimum atomic E-state index is -1.52. The van der Waals surface area contributed by atoms with Gasteiger partial charge in [0.1, 0.15) is 16.9 Å². The van der Waals surface area contributed by atoms with Crippen LogP contribution in [0.2, 0.25) is 0 Å². The van der Waals surface area contributed by atoms with Crippen LogP contribution in [0.4, 0.5) is 4.39 Å². The molecule has 3 N–H and O–H groups in total. The molecule has 152 valence electrons. The highest BCUT2D eigenvalue weighted by Gasteiger charge is 2.29. The van der Waals surface area contributed by atoms with Crippen molar-refractivity contribution < 1.29 is 38.8 Å². The van der Waals surface area contributed by atoms with Crippen molar-refractivity contribution in [2.24, 2.45) is 0 Å². The van der Waals surface area contributed by atoms with E-state index in [-0.39, 0.29) is 38.5 Å². The monoisotopic (exact) mass is 431 g/mol. The number of hydrogen-bond acceptors (Lipinski definition) is 6. The number of carboxylic acid groups (broad SMARTS) is 3. The van der Waals surface area contributed by atoms with Crippen LogP contribution in [0.25, 0.3) is 16.6 Å². The average Bonchev–Trinajstić information content (AvgIpc) is 2.68. The zero-order chi connectivity index (χ0) is 21.7. The van der Waals surface area contributed by atoms with Crippen molar-refractivity contribution in [1.29, 1.82) is 0 Å². The van der Waals surface area contributed by atoms with E-state index in [9.17, 15) is 33.8 Å².